The molecule has 0 saturated heterocycles. The smallest absolute Gasteiger partial charge is 0.306 e. The molecule has 0 radical (unpaired) electrons. The van der Waals surface area contributed by atoms with Crippen molar-refractivity contribution < 1.29 is 28.6 Å². The number of ether oxygens (including phenoxy) is 3. The summed E-state index contributed by atoms with van der Waals surface area (Å²) < 4.78 is 16.7. The molecule has 6 heteroatoms. The number of carbonyl (C=O) groups excluding carboxylic acids is 3. The van der Waals surface area contributed by atoms with Gasteiger partial charge in [-0.05, 0) is 64.2 Å². The van der Waals surface area contributed by atoms with Crippen LogP contribution in [-0.4, -0.2) is 37.2 Å². The monoisotopic (exact) mass is 773 g/mol. The minimum Gasteiger partial charge on any atom is -0.462 e. The van der Waals surface area contributed by atoms with E-state index in [0.29, 0.717) is 19.3 Å². The Morgan fingerprint density at radius 3 is 1.20 bits per heavy atom. The number of esters is 3. The van der Waals surface area contributed by atoms with E-state index in [9.17, 15) is 14.4 Å². The van der Waals surface area contributed by atoms with Crippen LogP contribution in [0.3, 0.4) is 0 Å². The van der Waals surface area contributed by atoms with E-state index < -0.39 is 6.10 Å². The zero-order chi connectivity index (χ0) is 40.1. The van der Waals surface area contributed by atoms with Crippen LogP contribution in [-0.2, 0) is 28.6 Å². The zero-order valence-corrected chi connectivity index (χ0v) is 36.4. The molecule has 1 unspecified atom stereocenters. The van der Waals surface area contributed by atoms with Crippen molar-refractivity contribution in [3.63, 3.8) is 0 Å². The second-order valence-corrected chi connectivity index (χ2v) is 15.6. The predicted molar refractivity (Wildman–Crippen MR) is 233 cm³/mol. The van der Waals surface area contributed by atoms with Crippen molar-refractivity contribution >= 4 is 17.9 Å². The molecule has 0 bridgehead atoms. The SMILES string of the molecule is CC/C=C\C/C=C\CCCCCCCCCC(=O)OCC(COC(=O)CCC/C=C\CCCCCC)OC(=O)CCCCCCCCCCCCCCCC. The second-order valence-electron chi connectivity index (χ2n) is 15.6. The van der Waals surface area contributed by atoms with Gasteiger partial charge in [0.25, 0.3) is 0 Å². The van der Waals surface area contributed by atoms with Crippen LogP contribution in [0, 0.1) is 0 Å². The quantitative estimate of drug-likeness (QED) is 0.0266. The van der Waals surface area contributed by atoms with Crippen LogP contribution in [0.4, 0.5) is 0 Å². The highest BCUT2D eigenvalue weighted by Crippen LogP contribution is 2.15. The number of unbranched alkanes of at least 4 members (excludes halogenated alkanes) is 25. The van der Waals surface area contributed by atoms with Crippen molar-refractivity contribution in [1.29, 1.82) is 0 Å². The van der Waals surface area contributed by atoms with Crippen LogP contribution in [0.2, 0.25) is 0 Å². The molecular weight excluding hydrogens is 685 g/mol. The van der Waals surface area contributed by atoms with E-state index in [-0.39, 0.29) is 31.1 Å². The first-order valence-corrected chi connectivity index (χ1v) is 23.5. The fourth-order valence-corrected chi connectivity index (χ4v) is 6.60. The number of hydrogen-bond acceptors (Lipinski definition) is 6. The first-order chi connectivity index (χ1) is 27.0. The lowest BCUT2D eigenvalue weighted by Crippen LogP contribution is -2.30. The maximum absolute atomic E-state index is 12.7. The molecule has 6 nitrogen and oxygen atoms in total. The fraction of sp³-hybridized carbons (Fsp3) is 0.816. The van der Waals surface area contributed by atoms with Gasteiger partial charge in [0.2, 0.25) is 0 Å². The molecule has 0 fully saturated rings. The average Bonchev–Trinajstić information content (AvgIpc) is 3.18. The van der Waals surface area contributed by atoms with Crippen LogP contribution in [0.15, 0.2) is 36.5 Å². The molecule has 0 N–H and O–H groups in total. The minimum absolute atomic E-state index is 0.0826. The summed E-state index contributed by atoms with van der Waals surface area (Å²) in [6.45, 7) is 6.47. The normalized spacial score (nSPS) is 12.3. The van der Waals surface area contributed by atoms with Gasteiger partial charge in [0, 0.05) is 19.3 Å². The molecule has 0 aliphatic carbocycles. The third-order valence-corrected chi connectivity index (χ3v) is 10.1. The molecule has 0 aliphatic heterocycles. The van der Waals surface area contributed by atoms with Gasteiger partial charge in [0.05, 0.1) is 0 Å². The van der Waals surface area contributed by atoms with E-state index in [0.717, 1.165) is 77.0 Å². The summed E-state index contributed by atoms with van der Waals surface area (Å²) in [5.41, 5.74) is 0. The maximum Gasteiger partial charge on any atom is 0.306 e. The van der Waals surface area contributed by atoms with Gasteiger partial charge in [-0.15, -0.1) is 0 Å². The van der Waals surface area contributed by atoms with Crippen LogP contribution in [0.25, 0.3) is 0 Å². The summed E-state index contributed by atoms with van der Waals surface area (Å²) in [4.78, 5) is 37.7. The molecule has 0 aromatic heterocycles. The first kappa shape index (κ1) is 52.6. The lowest BCUT2D eigenvalue weighted by Gasteiger charge is -2.18. The minimum atomic E-state index is -0.780. The van der Waals surface area contributed by atoms with Gasteiger partial charge in [-0.1, -0.05) is 192 Å². The molecule has 1 atom stereocenters. The molecule has 320 valence electrons. The molecule has 0 rings (SSSR count). The third-order valence-electron chi connectivity index (χ3n) is 10.1. The van der Waals surface area contributed by atoms with E-state index >= 15 is 0 Å². The lowest BCUT2D eigenvalue weighted by atomic mass is 10.0. The topological polar surface area (TPSA) is 78.9 Å². The summed E-state index contributed by atoms with van der Waals surface area (Å²) in [7, 11) is 0. The molecule has 0 saturated carbocycles. The second kappa shape index (κ2) is 44.3. The number of carbonyl (C=O) groups is 3. The van der Waals surface area contributed by atoms with Crippen molar-refractivity contribution in [2.75, 3.05) is 13.2 Å². The van der Waals surface area contributed by atoms with E-state index in [4.69, 9.17) is 14.2 Å². The summed E-state index contributed by atoms with van der Waals surface area (Å²) in [6.07, 6.45) is 49.9. The Labute approximate surface area is 340 Å². The summed E-state index contributed by atoms with van der Waals surface area (Å²) in [5, 5.41) is 0. The Balaban J connectivity index is 4.36. The standard InChI is InChI=1S/C49H88O6/c1-4-7-10-13-16-19-21-23-25-27-30-33-36-39-42-48(51)54-45-46(44-53-47(50)41-38-35-32-29-18-15-12-9-6-3)55-49(52)43-40-37-34-31-28-26-24-22-20-17-14-11-8-5-2/h7,10,16,19,29,32,46H,4-6,8-9,11-15,17-18,20-28,30-31,33-45H2,1-3H3/b10-7-,19-16-,32-29-. The highest BCUT2D eigenvalue weighted by molar-refractivity contribution is 5.71. The molecule has 0 aromatic carbocycles. The van der Waals surface area contributed by atoms with Crippen molar-refractivity contribution in [1.82, 2.24) is 0 Å². The average molecular weight is 773 g/mol. The van der Waals surface area contributed by atoms with Gasteiger partial charge in [0.1, 0.15) is 13.2 Å². The number of rotatable bonds is 42. The Kier molecular flexibility index (Phi) is 42.4. The Morgan fingerprint density at radius 1 is 0.382 bits per heavy atom. The molecule has 0 aliphatic rings. The maximum atomic E-state index is 12.7. The molecule has 0 aromatic rings. The number of hydrogen-bond donors (Lipinski definition) is 0. The highest BCUT2D eigenvalue weighted by Gasteiger charge is 2.19. The van der Waals surface area contributed by atoms with Gasteiger partial charge in [-0.25, -0.2) is 0 Å². The van der Waals surface area contributed by atoms with Crippen molar-refractivity contribution in [2.24, 2.45) is 0 Å². The first-order valence-electron chi connectivity index (χ1n) is 23.5. The molecular formula is C49H88O6. The van der Waals surface area contributed by atoms with Crippen LogP contribution in [0.1, 0.15) is 239 Å². The third kappa shape index (κ3) is 42.6. The van der Waals surface area contributed by atoms with E-state index in [1.807, 2.05) is 0 Å². The van der Waals surface area contributed by atoms with Gasteiger partial charge < -0.3 is 14.2 Å². The van der Waals surface area contributed by atoms with Gasteiger partial charge in [-0.3, -0.25) is 14.4 Å². The zero-order valence-electron chi connectivity index (χ0n) is 36.4. The molecule has 0 spiro atoms. The summed E-state index contributed by atoms with van der Waals surface area (Å²) >= 11 is 0. The fourth-order valence-electron chi connectivity index (χ4n) is 6.60. The molecule has 0 heterocycles. The van der Waals surface area contributed by atoms with E-state index in [2.05, 4.69) is 57.2 Å². The van der Waals surface area contributed by atoms with Crippen LogP contribution < -0.4 is 0 Å². The predicted octanol–water partition coefficient (Wildman–Crippen LogP) is 15.0. The largest absolute Gasteiger partial charge is 0.462 e. The van der Waals surface area contributed by atoms with Crippen molar-refractivity contribution in [3.8, 4) is 0 Å². The van der Waals surface area contributed by atoms with Crippen molar-refractivity contribution in [2.45, 2.75) is 245 Å². The van der Waals surface area contributed by atoms with E-state index in [1.165, 1.54) is 122 Å². The van der Waals surface area contributed by atoms with Gasteiger partial charge in [-0.2, -0.15) is 0 Å². The van der Waals surface area contributed by atoms with Crippen LogP contribution in [0.5, 0.6) is 0 Å². The van der Waals surface area contributed by atoms with Crippen LogP contribution >= 0.6 is 0 Å². The van der Waals surface area contributed by atoms with Gasteiger partial charge >= 0.3 is 17.9 Å². The highest BCUT2D eigenvalue weighted by atomic mass is 16.6. The van der Waals surface area contributed by atoms with Crippen molar-refractivity contribution in [3.05, 3.63) is 36.5 Å². The Bertz CT molecular complexity index is 938. The molecule has 55 heavy (non-hydrogen) atoms. The lowest BCUT2D eigenvalue weighted by molar-refractivity contribution is -0.167. The molecule has 0 amide bonds. The Morgan fingerprint density at radius 2 is 0.727 bits per heavy atom. The van der Waals surface area contributed by atoms with Gasteiger partial charge in [0.15, 0.2) is 6.10 Å². The summed E-state index contributed by atoms with van der Waals surface area (Å²) in [5.74, 6) is -0.923. The summed E-state index contributed by atoms with van der Waals surface area (Å²) in [6, 6.07) is 0. The Hall–Kier alpha value is -2.37. The van der Waals surface area contributed by atoms with E-state index in [1.54, 1.807) is 0 Å². The number of allylic oxidation sites excluding steroid dienone is 6.